The summed E-state index contributed by atoms with van der Waals surface area (Å²) in [6.45, 7) is 3.84. The van der Waals surface area contributed by atoms with E-state index in [2.05, 4.69) is 4.72 Å². The molecule has 0 amide bonds. The minimum absolute atomic E-state index is 0.255. The van der Waals surface area contributed by atoms with Crippen LogP contribution in [-0.4, -0.2) is 8.42 Å². The lowest BCUT2D eigenvalue weighted by atomic mass is 10.1. The number of halogens is 1. The highest BCUT2D eigenvalue weighted by atomic mass is 35.5. The zero-order chi connectivity index (χ0) is 14.8. The lowest BCUT2D eigenvalue weighted by Crippen LogP contribution is -2.14. The maximum atomic E-state index is 12.4. The summed E-state index contributed by atoms with van der Waals surface area (Å²) in [5.41, 5.74) is 3.27. The third kappa shape index (κ3) is 3.14. The first-order chi connectivity index (χ1) is 9.44. The van der Waals surface area contributed by atoms with Crippen LogP contribution in [0.4, 0.5) is 5.69 Å². The molecule has 0 bridgehead atoms. The van der Waals surface area contributed by atoms with Crippen molar-refractivity contribution in [2.75, 3.05) is 4.72 Å². The predicted molar refractivity (Wildman–Crippen MR) is 82.7 cm³/mol. The van der Waals surface area contributed by atoms with Crippen molar-refractivity contribution in [3.8, 4) is 0 Å². The minimum atomic E-state index is -3.59. The maximum absolute atomic E-state index is 12.4. The summed E-state index contributed by atoms with van der Waals surface area (Å²) in [5.74, 6) is 0.256. The van der Waals surface area contributed by atoms with Crippen LogP contribution in [0.3, 0.4) is 0 Å². The van der Waals surface area contributed by atoms with E-state index in [0.717, 1.165) is 16.7 Å². The highest BCUT2D eigenvalue weighted by Crippen LogP contribution is 2.22. The Bertz CT molecular complexity index is 726. The van der Waals surface area contributed by atoms with Gasteiger partial charge in [-0.05, 0) is 48.7 Å². The molecule has 0 atom stereocenters. The van der Waals surface area contributed by atoms with Gasteiger partial charge in [-0.25, -0.2) is 8.42 Å². The van der Waals surface area contributed by atoms with Crippen LogP contribution < -0.4 is 4.72 Å². The first kappa shape index (κ1) is 14.9. The van der Waals surface area contributed by atoms with Gasteiger partial charge in [0.2, 0.25) is 0 Å². The van der Waals surface area contributed by atoms with Gasteiger partial charge >= 0.3 is 0 Å². The zero-order valence-corrected chi connectivity index (χ0v) is 12.9. The SMILES string of the molecule is Cc1ccc(S(=O)(=O)Nc2ccccc2CCl)cc1C. The van der Waals surface area contributed by atoms with Crippen molar-refractivity contribution in [2.24, 2.45) is 0 Å². The van der Waals surface area contributed by atoms with E-state index in [1.807, 2.05) is 19.9 Å². The Morgan fingerprint density at radius 2 is 1.75 bits per heavy atom. The van der Waals surface area contributed by atoms with E-state index in [1.165, 1.54) is 0 Å². The number of hydrogen-bond acceptors (Lipinski definition) is 2. The molecule has 3 nitrogen and oxygen atoms in total. The number of benzene rings is 2. The largest absolute Gasteiger partial charge is 0.279 e. The fourth-order valence-corrected chi connectivity index (χ4v) is 3.24. The Labute approximate surface area is 124 Å². The molecule has 0 saturated heterocycles. The zero-order valence-electron chi connectivity index (χ0n) is 11.4. The molecule has 0 aliphatic carbocycles. The van der Waals surface area contributed by atoms with Crippen molar-refractivity contribution in [2.45, 2.75) is 24.6 Å². The van der Waals surface area contributed by atoms with Crippen LogP contribution in [0.1, 0.15) is 16.7 Å². The van der Waals surface area contributed by atoms with Crippen LogP contribution in [0.25, 0.3) is 0 Å². The van der Waals surface area contributed by atoms with Crippen molar-refractivity contribution in [3.63, 3.8) is 0 Å². The number of nitrogens with one attached hydrogen (secondary N) is 1. The van der Waals surface area contributed by atoms with Gasteiger partial charge in [-0.2, -0.15) is 0 Å². The van der Waals surface area contributed by atoms with Crippen LogP contribution in [0, 0.1) is 13.8 Å². The molecule has 0 spiro atoms. The molecule has 2 rings (SSSR count). The van der Waals surface area contributed by atoms with Crippen molar-refractivity contribution < 1.29 is 8.42 Å². The summed E-state index contributed by atoms with van der Waals surface area (Å²) in [6, 6.07) is 12.2. The number of para-hydroxylation sites is 1. The van der Waals surface area contributed by atoms with Gasteiger partial charge in [-0.3, -0.25) is 4.72 Å². The second-order valence-electron chi connectivity index (χ2n) is 4.64. The maximum Gasteiger partial charge on any atom is 0.261 e. The van der Waals surface area contributed by atoms with Crippen molar-refractivity contribution in [1.82, 2.24) is 0 Å². The van der Waals surface area contributed by atoms with E-state index in [4.69, 9.17) is 11.6 Å². The third-order valence-corrected chi connectivity index (χ3v) is 4.85. The fraction of sp³-hybridized carbons (Fsp3) is 0.200. The minimum Gasteiger partial charge on any atom is -0.279 e. The molecule has 0 aliphatic heterocycles. The van der Waals surface area contributed by atoms with Crippen LogP contribution >= 0.6 is 11.6 Å². The summed E-state index contributed by atoms with van der Waals surface area (Å²) in [7, 11) is -3.59. The van der Waals surface area contributed by atoms with E-state index in [-0.39, 0.29) is 10.8 Å². The molecular formula is C15H16ClNO2S. The number of rotatable bonds is 4. The smallest absolute Gasteiger partial charge is 0.261 e. The average Bonchev–Trinajstić information content (AvgIpc) is 2.42. The number of anilines is 1. The predicted octanol–water partition coefficient (Wildman–Crippen LogP) is 3.84. The second kappa shape index (κ2) is 5.85. The summed E-state index contributed by atoms with van der Waals surface area (Å²) in [6.07, 6.45) is 0. The molecule has 2 aromatic carbocycles. The van der Waals surface area contributed by atoms with Gasteiger partial charge < -0.3 is 0 Å². The van der Waals surface area contributed by atoms with Crippen LogP contribution in [-0.2, 0) is 15.9 Å². The summed E-state index contributed by atoms with van der Waals surface area (Å²) >= 11 is 5.82. The monoisotopic (exact) mass is 309 g/mol. The number of alkyl halides is 1. The highest BCUT2D eigenvalue weighted by Gasteiger charge is 2.16. The van der Waals surface area contributed by atoms with Gasteiger partial charge in [0, 0.05) is 5.88 Å². The molecular weight excluding hydrogens is 294 g/mol. The van der Waals surface area contributed by atoms with Gasteiger partial charge in [0.05, 0.1) is 10.6 Å². The van der Waals surface area contributed by atoms with Gasteiger partial charge in [-0.1, -0.05) is 24.3 Å². The number of sulfonamides is 1. The van der Waals surface area contributed by atoms with E-state index in [0.29, 0.717) is 5.69 Å². The van der Waals surface area contributed by atoms with E-state index in [9.17, 15) is 8.42 Å². The number of hydrogen-bond donors (Lipinski definition) is 1. The van der Waals surface area contributed by atoms with Crippen molar-refractivity contribution >= 4 is 27.3 Å². The molecule has 5 heteroatoms. The molecule has 0 saturated carbocycles. The number of aryl methyl sites for hydroxylation is 2. The third-order valence-electron chi connectivity index (χ3n) is 3.19. The van der Waals surface area contributed by atoms with Gasteiger partial charge in [0.25, 0.3) is 10.0 Å². The van der Waals surface area contributed by atoms with E-state index in [1.54, 1.807) is 36.4 Å². The Morgan fingerprint density at radius 3 is 2.40 bits per heavy atom. The van der Waals surface area contributed by atoms with Gasteiger partial charge in [0.1, 0.15) is 0 Å². The standard InChI is InChI=1S/C15H16ClNO2S/c1-11-7-8-14(9-12(11)2)20(18,19)17-15-6-4-3-5-13(15)10-16/h3-9,17H,10H2,1-2H3. The molecule has 0 fully saturated rings. The quantitative estimate of drug-likeness (QED) is 0.872. The topological polar surface area (TPSA) is 46.2 Å². The summed E-state index contributed by atoms with van der Waals surface area (Å²) in [4.78, 5) is 0.255. The fourth-order valence-electron chi connectivity index (χ4n) is 1.82. The molecule has 0 radical (unpaired) electrons. The molecule has 0 heterocycles. The molecule has 106 valence electrons. The molecule has 0 aliphatic rings. The lowest BCUT2D eigenvalue weighted by molar-refractivity contribution is 0.601. The molecule has 0 aromatic heterocycles. The Balaban J connectivity index is 2.38. The molecule has 1 N–H and O–H groups in total. The first-order valence-corrected chi connectivity index (χ1v) is 8.20. The molecule has 20 heavy (non-hydrogen) atoms. The van der Waals surface area contributed by atoms with Crippen LogP contribution in [0.5, 0.6) is 0 Å². The highest BCUT2D eigenvalue weighted by molar-refractivity contribution is 7.92. The average molecular weight is 310 g/mol. The van der Waals surface area contributed by atoms with Crippen molar-refractivity contribution in [3.05, 3.63) is 59.2 Å². The van der Waals surface area contributed by atoms with Crippen LogP contribution in [0.15, 0.2) is 47.4 Å². The first-order valence-electron chi connectivity index (χ1n) is 6.18. The van der Waals surface area contributed by atoms with E-state index < -0.39 is 10.0 Å². The van der Waals surface area contributed by atoms with E-state index >= 15 is 0 Å². The molecule has 2 aromatic rings. The Hall–Kier alpha value is -1.52. The Morgan fingerprint density at radius 1 is 1.05 bits per heavy atom. The van der Waals surface area contributed by atoms with Gasteiger partial charge in [0.15, 0.2) is 0 Å². The van der Waals surface area contributed by atoms with Crippen LogP contribution in [0.2, 0.25) is 0 Å². The van der Waals surface area contributed by atoms with Crippen molar-refractivity contribution in [1.29, 1.82) is 0 Å². The van der Waals surface area contributed by atoms with Gasteiger partial charge in [-0.15, -0.1) is 11.6 Å². The lowest BCUT2D eigenvalue weighted by Gasteiger charge is -2.12. The normalized spacial score (nSPS) is 11.3. The Kier molecular flexibility index (Phi) is 4.35. The summed E-state index contributed by atoms with van der Waals surface area (Å²) in [5, 5.41) is 0. The summed E-state index contributed by atoms with van der Waals surface area (Å²) < 4.78 is 27.3. The second-order valence-corrected chi connectivity index (χ2v) is 6.59. The molecule has 0 unspecified atom stereocenters.